The lowest BCUT2D eigenvalue weighted by atomic mass is 10.0. The molecule has 1 aliphatic heterocycles. The van der Waals surface area contributed by atoms with Crippen LogP contribution in [0.25, 0.3) is 0 Å². The number of rotatable bonds is 4. The summed E-state index contributed by atoms with van der Waals surface area (Å²) >= 11 is 0. The zero-order valence-corrected chi connectivity index (χ0v) is 13.4. The Hall–Kier alpha value is -1.88. The van der Waals surface area contributed by atoms with E-state index in [0.717, 1.165) is 5.56 Å². The number of amides is 2. The van der Waals surface area contributed by atoms with Gasteiger partial charge in [-0.2, -0.15) is 0 Å². The van der Waals surface area contributed by atoms with E-state index in [-0.39, 0.29) is 17.7 Å². The molecule has 22 heavy (non-hydrogen) atoms. The van der Waals surface area contributed by atoms with Gasteiger partial charge in [0.05, 0.1) is 6.10 Å². The first-order valence-corrected chi connectivity index (χ1v) is 7.73. The minimum atomic E-state index is -0.570. The smallest absolute Gasteiger partial charge is 0.251 e. The van der Waals surface area contributed by atoms with Crippen molar-refractivity contribution in [1.82, 2.24) is 10.2 Å². The Labute approximate surface area is 131 Å². The van der Waals surface area contributed by atoms with Gasteiger partial charge in [0.2, 0.25) is 5.91 Å². The SMILES string of the molecule is Cc1ccc(C(=O)NC(C(=O)N2CC[C@@H](O)C2)C(C)C)cc1. The van der Waals surface area contributed by atoms with Crippen molar-refractivity contribution in [2.24, 2.45) is 5.92 Å². The summed E-state index contributed by atoms with van der Waals surface area (Å²) in [5.41, 5.74) is 1.63. The summed E-state index contributed by atoms with van der Waals surface area (Å²) in [6, 6.07) is 6.69. The number of β-amino-alcohol motifs (C(OH)–C–C–N with tert-alkyl or cyclic N) is 1. The van der Waals surface area contributed by atoms with Crippen LogP contribution in [0.15, 0.2) is 24.3 Å². The second-order valence-corrected chi connectivity index (χ2v) is 6.29. The molecule has 0 bridgehead atoms. The number of aliphatic hydroxyl groups is 1. The molecule has 1 fully saturated rings. The van der Waals surface area contributed by atoms with Crippen LogP contribution in [0, 0.1) is 12.8 Å². The number of carbonyl (C=O) groups excluding carboxylic acids is 2. The van der Waals surface area contributed by atoms with E-state index in [0.29, 0.717) is 25.1 Å². The van der Waals surface area contributed by atoms with Crippen LogP contribution in [-0.2, 0) is 4.79 Å². The maximum absolute atomic E-state index is 12.6. The van der Waals surface area contributed by atoms with Crippen LogP contribution in [0.5, 0.6) is 0 Å². The molecule has 1 aliphatic rings. The number of aliphatic hydroxyl groups excluding tert-OH is 1. The fourth-order valence-electron chi connectivity index (χ4n) is 2.58. The van der Waals surface area contributed by atoms with Gasteiger partial charge in [-0.1, -0.05) is 31.5 Å². The van der Waals surface area contributed by atoms with E-state index >= 15 is 0 Å². The van der Waals surface area contributed by atoms with E-state index in [4.69, 9.17) is 0 Å². The van der Waals surface area contributed by atoms with Gasteiger partial charge in [0, 0.05) is 18.7 Å². The number of hydrogen-bond acceptors (Lipinski definition) is 3. The first kappa shape index (κ1) is 16.5. The Bertz CT molecular complexity index is 539. The third kappa shape index (κ3) is 3.85. The average Bonchev–Trinajstić information content (AvgIpc) is 2.91. The Morgan fingerprint density at radius 3 is 2.41 bits per heavy atom. The van der Waals surface area contributed by atoms with Crippen molar-refractivity contribution in [3.8, 4) is 0 Å². The van der Waals surface area contributed by atoms with Gasteiger partial charge >= 0.3 is 0 Å². The molecule has 1 aromatic carbocycles. The van der Waals surface area contributed by atoms with Crippen molar-refractivity contribution in [2.45, 2.75) is 39.3 Å². The van der Waals surface area contributed by atoms with Gasteiger partial charge in [0.25, 0.3) is 5.91 Å². The summed E-state index contributed by atoms with van der Waals surface area (Å²) in [6.07, 6.45) is 0.146. The molecular weight excluding hydrogens is 280 g/mol. The topological polar surface area (TPSA) is 69.6 Å². The maximum Gasteiger partial charge on any atom is 0.251 e. The normalized spacial score (nSPS) is 19.3. The molecule has 0 saturated carbocycles. The average molecular weight is 304 g/mol. The second-order valence-electron chi connectivity index (χ2n) is 6.29. The van der Waals surface area contributed by atoms with E-state index in [1.807, 2.05) is 32.9 Å². The fraction of sp³-hybridized carbons (Fsp3) is 0.529. The van der Waals surface area contributed by atoms with Gasteiger partial charge in [-0.25, -0.2) is 0 Å². The van der Waals surface area contributed by atoms with Crippen LogP contribution >= 0.6 is 0 Å². The van der Waals surface area contributed by atoms with Crippen LogP contribution < -0.4 is 5.32 Å². The zero-order valence-electron chi connectivity index (χ0n) is 13.4. The summed E-state index contributed by atoms with van der Waals surface area (Å²) in [5, 5.41) is 12.4. The number of aryl methyl sites for hydroxylation is 1. The first-order valence-electron chi connectivity index (χ1n) is 7.73. The van der Waals surface area contributed by atoms with Crippen LogP contribution in [0.4, 0.5) is 0 Å². The van der Waals surface area contributed by atoms with Gasteiger partial charge < -0.3 is 15.3 Å². The minimum absolute atomic E-state index is 0.0142. The molecule has 2 atom stereocenters. The quantitative estimate of drug-likeness (QED) is 0.882. The lowest BCUT2D eigenvalue weighted by Crippen LogP contribution is -2.50. The van der Waals surface area contributed by atoms with Crippen molar-refractivity contribution in [3.63, 3.8) is 0 Å². The monoisotopic (exact) mass is 304 g/mol. The maximum atomic E-state index is 12.6. The molecule has 0 aliphatic carbocycles. The highest BCUT2D eigenvalue weighted by atomic mass is 16.3. The fourth-order valence-corrected chi connectivity index (χ4v) is 2.58. The Morgan fingerprint density at radius 1 is 1.27 bits per heavy atom. The number of hydrogen-bond donors (Lipinski definition) is 2. The summed E-state index contributed by atoms with van der Waals surface area (Å²) in [5.74, 6) is -0.376. The molecule has 1 unspecified atom stereocenters. The van der Waals surface area contributed by atoms with E-state index in [1.54, 1.807) is 17.0 Å². The molecule has 1 aromatic rings. The molecule has 0 spiro atoms. The number of likely N-dealkylation sites (tertiary alicyclic amines) is 1. The van der Waals surface area contributed by atoms with Crippen LogP contribution in [0.1, 0.15) is 36.2 Å². The van der Waals surface area contributed by atoms with Crippen LogP contribution in [0.2, 0.25) is 0 Å². The molecule has 2 rings (SSSR count). The van der Waals surface area contributed by atoms with Crippen molar-refractivity contribution in [2.75, 3.05) is 13.1 Å². The molecule has 1 saturated heterocycles. The third-order valence-electron chi connectivity index (χ3n) is 4.01. The highest BCUT2D eigenvalue weighted by Gasteiger charge is 2.32. The summed E-state index contributed by atoms with van der Waals surface area (Å²) in [7, 11) is 0. The minimum Gasteiger partial charge on any atom is -0.391 e. The van der Waals surface area contributed by atoms with Gasteiger partial charge in [-0.3, -0.25) is 9.59 Å². The molecule has 0 radical (unpaired) electrons. The molecule has 5 heteroatoms. The number of benzene rings is 1. The summed E-state index contributed by atoms with van der Waals surface area (Å²) < 4.78 is 0. The molecular formula is C17H24N2O3. The Kier molecular flexibility index (Phi) is 5.19. The Balaban J connectivity index is 2.06. The van der Waals surface area contributed by atoms with Crippen molar-refractivity contribution < 1.29 is 14.7 Å². The number of carbonyl (C=O) groups is 2. The zero-order chi connectivity index (χ0) is 16.3. The van der Waals surface area contributed by atoms with Gasteiger partial charge in [-0.05, 0) is 31.4 Å². The summed E-state index contributed by atoms with van der Waals surface area (Å²) in [4.78, 5) is 26.5. The van der Waals surface area contributed by atoms with E-state index < -0.39 is 12.1 Å². The van der Waals surface area contributed by atoms with Crippen molar-refractivity contribution >= 4 is 11.8 Å². The molecule has 5 nitrogen and oxygen atoms in total. The number of nitrogens with zero attached hydrogens (tertiary/aromatic N) is 1. The number of nitrogens with one attached hydrogen (secondary N) is 1. The predicted molar refractivity (Wildman–Crippen MR) is 84.5 cm³/mol. The molecule has 120 valence electrons. The predicted octanol–water partition coefficient (Wildman–Crippen LogP) is 1.34. The lowest BCUT2D eigenvalue weighted by molar-refractivity contribution is -0.133. The molecule has 2 N–H and O–H groups in total. The highest BCUT2D eigenvalue weighted by molar-refractivity contribution is 5.97. The molecule has 2 amide bonds. The second kappa shape index (κ2) is 6.92. The van der Waals surface area contributed by atoms with Crippen molar-refractivity contribution in [3.05, 3.63) is 35.4 Å². The van der Waals surface area contributed by atoms with Gasteiger partial charge in [0.1, 0.15) is 6.04 Å². The molecule has 0 aromatic heterocycles. The summed E-state index contributed by atoms with van der Waals surface area (Å²) in [6.45, 7) is 6.67. The van der Waals surface area contributed by atoms with E-state index in [2.05, 4.69) is 5.32 Å². The molecule has 1 heterocycles. The lowest BCUT2D eigenvalue weighted by Gasteiger charge is -2.26. The van der Waals surface area contributed by atoms with Gasteiger partial charge in [0.15, 0.2) is 0 Å². The van der Waals surface area contributed by atoms with Gasteiger partial charge in [-0.15, -0.1) is 0 Å². The third-order valence-corrected chi connectivity index (χ3v) is 4.01. The van der Waals surface area contributed by atoms with Crippen molar-refractivity contribution in [1.29, 1.82) is 0 Å². The highest BCUT2D eigenvalue weighted by Crippen LogP contribution is 2.14. The van der Waals surface area contributed by atoms with Crippen LogP contribution in [0.3, 0.4) is 0 Å². The van der Waals surface area contributed by atoms with Crippen LogP contribution in [-0.4, -0.2) is 47.1 Å². The van der Waals surface area contributed by atoms with E-state index in [1.165, 1.54) is 0 Å². The van der Waals surface area contributed by atoms with E-state index in [9.17, 15) is 14.7 Å². The Morgan fingerprint density at radius 2 is 1.91 bits per heavy atom. The first-order chi connectivity index (χ1) is 10.4. The standard InChI is InChI=1S/C17H24N2O3/c1-11(2)15(17(22)19-9-8-14(20)10-19)18-16(21)13-6-4-12(3)5-7-13/h4-7,11,14-15,20H,8-10H2,1-3H3,(H,18,21)/t14-,15?/m1/s1. The largest absolute Gasteiger partial charge is 0.391 e.